The maximum atomic E-state index is 5.14. The zero-order chi connectivity index (χ0) is 7.40. The normalized spacial score (nSPS) is 9.50. The molecule has 0 amide bonds. The molecule has 0 radical (unpaired) electrons. The summed E-state index contributed by atoms with van der Waals surface area (Å²) >= 11 is 2.12. The van der Waals surface area contributed by atoms with E-state index in [4.69, 9.17) is 4.74 Å². The standard InChI is InChI=1S/C8H9O.Li/c1-7-5-3-4-6-8(7)9-2;/h3-6H,1H2,2H3;. The molecule has 0 aliphatic heterocycles. The van der Waals surface area contributed by atoms with Crippen LogP contribution in [0, 0.1) is 0 Å². The van der Waals surface area contributed by atoms with Gasteiger partial charge in [0.2, 0.25) is 0 Å². The molecule has 0 saturated carbocycles. The van der Waals surface area contributed by atoms with Crippen LogP contribution in [0.25, 0.3) is 0 Å². The average molecular weight is 128 g/mol. The number of rotatable bonds is 2. The molecule has 0 aliphatic rings. The second-order valence-electron chi connectivity index (χ2n) is 2.17. The topological polar surface area (TPSA) is 9.23 Å². The van der Waals surface area contributed by atoms with Crippen LogP contribution in [0.5, 0.6) is 5.75 Å². The molecule has 1 rings (SSSR count). The number of hydrogen-bond acceptors (Lipinski definition) is 1. The summed E-state index contributed by atoms with van der Waals surface area (Å²) in [6.45, 7) is 0. The molecule has 0 atom stereocenters. The van der Waals surface area contributed by atoms with Gasteiger partial charge in [0.15, 0.2) is 0 Å². The van der Waals surface area contributed by atoms with Gasteiger partial charge in [0.05, 0.1) is 0 Å². The molecule has 0 bridgehead atoms. The number of para-hydroxylation sites is 1. The molecule has 0 spiro atoms. The van der Waals surface area contributed by atoms with Gasteiger partial charge < -0.3 is 0 Å². The van der Waals surface area contributed by atoms with Crippen molar-refractivity contribution in [2.24, 2.45) is 0 Å². The second kappa shape index (κ2) is 3.70. The number of methoxy groups -OCH3 is 1. The van der Waals surface area contributed by atoms with E-state index >= 15 is 0 Å². The van der Waals surface area contributed by atoms with Gasteiger partial charge in [-0.1, -0.05) is 0 Å². The van der Waals surface area contributed by atoms with E-state index in [-0.39, 0.29) is 0 Å². The summed E-state index contributed by atoms with van der Waals surface area (Å²) in [4.78, 5) is 0. The van der Waals surface area contributed by atoms with Crippen LogP contribution in [-0.2, 0) is 5.09 Å². The van der Waals surface area contributed by atoms with Gasteiger partial charge in [0.1, 0.15) is 0 Å². The van der Waals surface area contributed by atoms with Crippen molar-refractivity contribution in [2.75, 3.05) is 7.11 Å². The van der Waals surface area contributed by atoms with Crippen molar-refractivity contribution in [3.63, 3.8) is 0 Å². The Morgan fingerprint density at radius 2 is 2.10 bits per heavy atom. The number of ether oxygens (including phenoxy) is 1. The Morgan fingerprint density at radius 1 is 1.40 bits per heavy atom. The predicted molar refractivity (Wildman–Crippen MR) is 42.5 cm³/mol. The van der Waals surface area contributed by atoms with Crippen molar-refractivity contribution in [1.29, 1.82) is 0 Å². The molecule has 1 nitrogen and oxygen atoms in total. The van der Waals surface area contributed by atoms with Gasteiger partial charge in [0.25, 0.3) is 0 Å². The Hall–Kier alpha value is -0.383. The average Bonchev–Trinajstić information content (AvgIpc) is 2.04. The van der Waals surface area contributed by atoms with Crippen LogP contribution in [0.4, 0.5) is 0 Å². The van der Waals surface area contributed by atoms with E-state index in [9.17, 15) is 0 Å². The Morgan fingerprint density at radius 3 is 2.60 bits per heavy atom. The predicted octanol–water partition coefficient (Wildman–Crippen LogP) is 1.36. The van der Waals surface area contributed by atoms with E-state index in [1.807, 2.05) is 18.2 Å². The van der Waals surface area contributed by atoms with Crippen molar-refractivity contribution in [2.45, 2.75) is 5.09 Å². The van der Waals surface area contributed by atoms with Gasteiger partial charge in [-0.15, -0.1) is 0 Å². The summed E-state index contributed by atoms with van der Waals surface area (Å²) in [5.41, 5.74) is 1.27. The fourth-order valence-electron chi connectivity index (χ4n) is 0.995. The Balaban J connectivity index is 2.96. The minimum absolute atomic E-state index is 0.991. The zero-order valence-corrected chi connectivity index (χ0v) is 6.42. The summed E-state index contributed by atoms with van der Waals surface area (Å²) in [5.74, 6) is 0.991. The van der Waals surface area contributed by atoms with E-state index < -0.39 is 0 Å². The Kier molecular flexibility index (Phi) is 2.86. The second-order valence-corrected chi connectivity index (χ2v) is 2.17. The Bertz CT molecular complexity index is 187. The molecule has 0 saturated heterocycles. The molecule has 0 aromatic heterocycles. The Labute approximate surface area is 70.6 Å². The zero-order valence-electron chi connectivity index (χ0n) is 6.42. The number of hydrogen-bond donors (Lipinski definition) is 0. The van der Waals surface area contributed by atoms with Gasteiger partial charge in [-0.2, -0.15) is 0 Å². The van der Waals surface area contributed by atoms with Crippen LogP contribution in [0.2, 0.25) is 0 Å². The first-order chi connectivity index (χ1) is 4.88. The van der Waals surface area contributed by atoms with Crippen molar-refractivity contribution in [3.8, 4) is 5.75 Å². The third-order valence-electron chi connectivity index (χ3n) is 1.57. The first kappa shape index (κ1) is 7.72. The summed E-state index contributed by atoms with van der Waals surface area (Å²) in [6.07, 6.45) is 0. The quantitative estimate of drug-likeness (QED) is 0.546. The first-order valence-corrected chi connectivity index (χ1v) is 3.50. The molecule has 1 aromatic rings. The SMILES string of the molecule is [Li][CH2]c1ccccc1OC. The number of benzene rings is 1. The summed E-state index contributed by atoms with van der Waals surface area (Å²) in [5, 5.41) is 1.03. The summed E-state index contributed by atoms with van der Waals surface area (Å²) in [7, 11) is 1.70. The van der Waals surface area contributed by atoms with E-state index in [0.717, 1.165) is 10.8 Å². The van der Waals surface area contributed by atoms with E-state index in [2.05, 4.69) is 23.8 Å². The molecular weight excluding hydrogens is 119 g/mol. The van der Waals surface area contributed by atoms with Crippen molar-refractivity contribution in [3.05, 3.63) is 29.8 Å². The van der Waals surface area contributed by atoms with E-state index in [1.54, 1.807) is 7.11 Å². The van der Waals surface area contributed by atoms with Gasteiger partial charge in [-0.05, 0) is 0 Å². The summed E-state index contributed by atoms with van der Waals surface area (Å²) < 4.78 is 5.14. The van der Waals surface area contributed by atoms with Gasteiger partial charge in [-0.25, -0.2) is 0 Å². The molecule has 0 aliphatic carbocycles. The third kappa shape index (κ3) is 1.56. The van der Waals surface area contributed by atoms with Crippen LogP contribution in [0.15, 0.2) is 24.3 Å². The maximum absolute atomic E-state index is 5.14. The monoisotopic (exact) mass is 128 g/mol. The van der Waals surface area contributed by atoms with Crippen molar-refractivity contribution in [1.82, 2.24) is 0 Å². The molecule has 0 fully saturated rings. The van der Waals surface area contributed by atoms with Gasteiger partial charge in [-0.3, -0.25) is 0 Å². The van der Waals surface area contributed by atoms with Crippen LogP contribution in [0.3, 0.4) is 0 Å². The van der Waals surface area contributed by atoms with Crippen LogP contribution < -0.4 is 4.74 Å². The molecule has 0 heterocycles. The van der Waals surface area contributed by atoms with Crippen molar-refractivity contribution >= 4 is 17.7 Å². The van der Waals surface area contributed by atoms with Crippen molar-refractivity contribution < 1.29 is 4.74 Å². The fourth-order valence-corrected chi connectivity index (χ4v) is 0.995. The molecule has 2 heteroatoms. The first-order valence-electron chi connectivity index (χ1n) is 3.50. The van der Waals surface area contributed by atoms with E-state index in [0.29, 0.717) is 0 Å². The van der Waals surface area contributed by atoms with E-state index in [1.165, 1.54) is 5.56 Å². The summed E-state index contributed by atoms with van der Waals surface area (Å²) in [6, 6.07) is 8.08. The molecule has 0 unspecified atom stereocenters. The molecule has 1 aromatic carbocycles. The minimum atomic E-state index is 0.991. The molecular formula is C8H9LiO. The molecule has 0 N–H and O–H groups in total. The molecule has 48 valence electrons. The van der Waals surface area contributed by atoms with Gasteiger partial charge >= 0.3 is 70.2 Å². The fraction of sp³-hybridized carbons (Fsp3) is 0.250. The van der Waals surface area contributed by atoms with Crippen LogP contribution >= 0.6 is 0 Å². The van der Waals surface area contributed by atoms with Crippen LogP contribution in [0.1, 0.15) is 5.56 Å². The third-order valence-corrected chi connectivity index (χ3v) is 1.57. The van der Waals surface area contributed by atoms with Crippen LogP contribution in [-0.4, -0.2) is 24.8 Å². The van der Waals surface area contributed by atoms with Gasteiger partial charge in [0, 0.05) is 0 Å². The molecule has 10 heavy (non-hydrogen) atoms.